The van der Waals surface area contributed by atoms with Crippen molar-refractivity contribution in [3.8, 4) is 5.75 Å². The van der Waals surface area contributed by atoms with Crippen LogP contribution in [0.15, 0.2) is 12.1 Å². The summed E-state index contributed by atoms with van der Waals surface area (Å²) in [6.07, 6.45) is 0.130. The Morgan fingerprint density at radius 1 is 1.24 bits per heavy atom. The molecule has 0 amide bonds. The van der Waals surface area contributed by atoms with Crippen LogP contribution in [0.3, 0.4) is 0 Å². The summed E-state index contributed by atoms with van der Waals surface area (Å²) in [5, 5.41) is 10.7. The van der Waals surface area contributed by atoms with Gasteiger partial charge in [0.15, 0.2) is 0 Å². The lowest BCUT2D eigenvalue weighted by Gasteiger charge is -2.20. The molecule has 1 atom stereocenters. The van der Waals surface area contributed by atoms with Gasteiger partial charge in [0.1, 0.15) is 5.75 Å². The molecule has 0 aliphatic rings. The van der Waals surface area contributed by atoms with Gasteiger partial charge in [-0.25, -0.2) is 0 Å². The second kappa shape index (κ2) is 6.27. The van der Waals surface area contributed by atoms with Crippen molar-refractivity contribution in [1.82, 2.24) is 0 Å². The monoisotopic (exact) mass is 256 g/mol. The Kier molecular flexibility index (Phi) is 5.29. The number of ether oxygens (including phenoxy) is 1. The SMILES string of the molecule is CCOc1c(C(C)C)cc(Cl)cc1C(O)CC. The highest BCUT2D eigenvalue weighted by Gasteiger charge is 2.18. The van der Waals surface area contributed by atoms with E-state index in [1.54, 1.807) is 6.07 Å². The van der Waals surface area contributed by atoms with E-state index in [1.165, 1.54) is 0 Å². The van der Waals surface area contributed by atoms with Crippen LogP contribution in [0.2, 0.25) is 5.02 Å². The normalized spacial score (nSPS) is 12.9. The standard InChI is InChI=1S/C14H21ClO2/c1-5-13(16)12-8-10(15)7-11(9(3)4)14(12)17-6-2/h7-9,13,16H,5-6H2,1-4H3. The molecule has 0 bridgehead atoms. The zero-order valence-corrected chi connectivity index (χ0v) is 11.7. The zero-order valence-electron chi connectivity index (χ0n) is 11.0. The van der Waals surface area contributed by atoms with Crippen molar-refractivity contribution in [2.45, 2.75) is 46.1 Å². The predicted octanol–water partition coefficient (Wildman–Crippen LogP) is 4.31. The first-order valence-corrected chi connectivity index (χ1v) is 6.53. The van der Waals surface area contributed by atoms with Crippen LogP contribution in [0.1, 0.15) is 57.3 Å². The van der Waals surface area contributed by atoms with E-state index in [2.05, 4.69) is 13.8 Å². The molecule has 0 fully saturated rings. The fourth-order valence-corrected chi connectivity index (χ4v) is 2.08. The van der Waals surface area contributed by atoms with Crippen molar-refractivity contribution < 1.29 is 9.84 Å². The molecule has 0 spiro atoms. The highest BCUT2D eigenvalue weighted by Crippen LogP contribution is 2.37. The third kappa shape index (κ3) is 3.36. The van der Waals surface area contributed by atoms with Gasteiger partial charge < -0.3 is 9.84 Å². The fraction of sp³-hybridized carbons (Fsp3) is 0.571. The Labute approximate surface area is 109 Å². The first kappa shape index (κ1) is 14.3. The topological polar surface area (TPSA) is 29.5 Å². The second-order valence-electron chi connectivity index (χ2n) is 4.43. The molecule has 96 valence electrons. The maximum absolute atomic E-state index is 10.0. The Morgan fingerprint density at radius 2 is 1.82 bits per heavy atom. The molecule has 2 nitrogen and oxygen atoms in total. The third-order valence-electron chi connectivity index (χ3n) is 2.77. The van der Waals surface area contributed by atoms with Crippen LogP contribution in [0.5, 0.6) is 5.75 Å². The second-order valence-corrected chi connectivity index (χ2v) is 4.86. The average Bonchev–Trinajstić information content (AvgIpc) is 2.29. The van der Waals surface area contributed by atoms with Crippen LogP contribution >= 0.6 is 11.6 Å². The van der Waals surface area contributed by atoms with Crippen molar-refractivity contribution in [3.05, 3.63) is 28.3 Å². The molecule has 0 radical (unpaired) electrons. The summed E-state index contributed by atoms with van der Waals surface area (Å²) >= 11 is 6.10. The summed E-state index contributed by atoms with van der Waals surface area (Å²) in [5.41, 5.74) is 1.85. The highest BCUT2D eigenvalue weighted by atomic mass is 35.5. The lowest BCUT2D eigenvalue weighted by Crippen LogP contribution is -2.06. The molecule has 0 saturated carbocycles. The van der Waals surface area contributed by atoms with Crippen LogP contribution in [0.25, 0.3) is 0 Å². The number of hydrogen-bond acceptors (Lipinski definition) is 2. The third-order valence-corrected chi connectivity index (χ3v) is 2.99. The Morgan fingerprint density at radius 3 is 2.29 bits per heavy atom. The van der Waals surface area contributed by atoms with Crippen LogP contribution in [0, 0.1) is 0 Å². The molecule has 1 N–H and O–H groups in total. The highest BCUT2D eigenvalue weighted by molar-refractivity contribution is 6.30. The van der Waals surface area contributed by atoms with E-state index < -0.39 is 6.10 Å². The Hall–Kier alpha value is -0.730. The number of hydrogen-bond donors (Lipinski definition) is 1. The molecule has 0 aliphatic carbocycles. The van der Waals surface area contributed by atoms with Gasteiger partial charge in [0.05, 0.1) is 12.7 Å². The van der Waals surface area contributed by atoms with E-state index in [0.717, 1.165) is 16.9 Å². The molecule has 1 unspecified atom stereocenters. The summed E-state index contributed by atoms with van der Waals surface area (Å²) in [5.74, 6) is 1.11. The fourth-order valence-electron chi connectivity index (χ4n) is 1.84. The largest absolute Gasteiger partial charge is 0.493 e. The summed E-state index contributed by atoms with van der Waals surface area (Å²) in [6.45, 7) is 8.66. The van der Waals surface area contributed by atoms with Gasteiger partial charge in [-0.05, 0) is 37.0 Å². The molecular weight excluding hydrogens is 236 g/mol. The lowest BCUT2D eigenvalue weighted by atomic mass is 9.96. The molecule has 17 heavy (non-hydrogen) atoms. The van der Waals surface area contributed by atoms with Crippen LogP contribution in [-0.2, 0) is 0 Å². The Balaban J connectivity index is 3.34. The van der Waals surface area contributed by atoms with Gasteiger partial charge in [-0.2, -0.15) is 0 Å². The van der Waals surface area contributed by atoms with Crippen molar-refractivity contribution in [1.29, 1.82) is 0 Å². The molecule has 1 aromatic rings. The molecule has 3 heteroatoms. The van der Waals surface area contributed by atoms with Crippen LogP contribution in [-0.4, -0.2) is 11.7 Å². The van der Waals surface area contributed by atoms with Gasteiger partial charge in [0.2, 0.25) is 0 Å². The summed E-state index contributed by atoms with van der Waals surface area (Å²) in [6, 6.07) is 3.72. The number of aliphatic hydroxyl groups is 1. The van der Waals surface area contributed by atoms with Gasteiger partial charge in [-0.15, -0.1) is 0 Å². The first-order chi connectivity index (χ1) is 8.01. The predicted molar refractivity (Wildman–Crippen MR) is 72.0 cm³/mol. The first-order valence-electron chi connectivity index (χ1n) is 6.15. The quantitative estimate of drug-likeness (QED) is 0.851. The molecule has 1 aromatic carbocycles. The van der Waals surface area contributed by atoms with Crippen molar-refractivity contribution >= 4 is 11.6 Å². The van der Waals surface area contributed by atoms with E-state index in [-0.39, 0.29) is 0 Å². The maximum atomic E-state index is 10.0. The molecule has 0 heterocycles. The van der Waals surface area contributed by atoms with E-state index in [9.17, 15) is 5.11 Å². The van der Waals surface area contributed by atoms with E-state index in [4.69, 9.17) is 16.3 Å². The van der Waals surface area contributed by atoms with Gasteiger partial charge >= 0.3 is 0 Å². The lowest BCUT2D eigenvalue weighted by molar-refractivity contribution is 0.167. The summed E-state index contributed by atoms with van der Waals surface area (Å²) in [7, 11) is 0. The van der Waals surface area contributed by atoms with E-state index in [1.807, 2.05) is 19.9 Å². The van der Waals surface area contributed by atoms with Gasteiger partial charge in [-0.3, -0.25) is 0 Å². The summed E-state index contributed by atoms with van der Waals surface area (Å²) in [4.78, 5) is 0. The average molecular weight is 257 g/mol. The minimum atomic E-state index is -0.521. The number of halogens is 1. The van der Waals surface area contributed by atoms with Crippen LogP contribution < -0.4 is 4.74 Å². The summed E-state index contributed by atoms with van der Waals surface area (Å²) < 4.78 is 5.69. The van der Waals surface area contributed by atoms with Gasteiger partial charge in [0, 0.05) is 10.6 Å². The zero-order chi connectivity index (χ0) is 13.0. The van der Waals surface area contributed by atoms with Crippen LogP contribution in [0.4, 0.5) is 0 Å². The molecule has 1 rings (SSSR count). The van der Waals surface area contributed by atoms with E-state index in [0.29, 0.717) is 24.0 Å². The van der Waals surface area contributed by atoms with Gasteiger partial charge in [-0.1, -0.05) is 32.4 Å². The number of rotatable bonds is 5. The minimum Gasteiger partial charge on any atom is -0.493 e. The minimum absolute atomic E-state index is 0.318. The van der Waals surface area contributed by atoms with Crippen molar-refractivity contribution in [3.63, 3.8) is 0 Å². The number of benzene rings is 1. The molecular formula is C14H21ClO2. The smallest absolute Gasteiger partial charge is 0.128 e. The van der Waals surface area contributed by atoms with Gasteiger partial charge in [0.25, 0.3) is 0 Å². The van der Waals surface area contributed by atoms with E-state index >= 15 is 0 Å². The molecule has 0 saturated heterocycles. The Bertz CT molecular complexity index is 375. The maximum Gasteiger partial charge on any atom is 0.128 e. The number of aliphatic hydroxyl groups excluding tert-OH is 1. The van der Waals surface area contributed by atoms with Crippen molar-refractivity contribution in [2.24, 2.45) is 0 Å². The molecule has 0 aliphatic heterocycles. The van der Waals surface area contributed by atoms with Crippen molar-refractivity contribution in [2.75, 3.05) is 6.61 Å². The molecule has 0 aromatic heterocycles.